The maximum Gasteiger partial charge on any atom is 0.349 e. The van der Waals surface area contributed by atoms with Gasteiger partial charge < -0.3 is 29.8 Å². The molecule has 5 atom stereocenters. The fourth-order valence-electron chi connectivity index (χ4n) is 8.14. The zero-order valence-electron chi connectivity index (χ0n) is 27.1. The second-order valence-electron chi connectivity index (χ2n) is 12.9. The highest BCUT2D eigenvalue weighted by atomic mass is 16.6. The summed E-state index contributed by atoms with van der Waals surface area (Å²) in [5, 5.41) is 34.6. The maximum absolute atomic E-state index is 12.0. The fourth-order valence-corrected chi connectivity index (χ4v) is 8.14. The van der Waals surface area contributed by atoms with Crippen LogP contribution in [0.1, 0.15) is 88.4 Å². The molecule has 6 bridgehead atoms. The van der Waals surface area contributed by atoms with E-state index in [1.54, 1.807) is 23.3 Å². The average molecular weight is 657 g/mol. The highest BCUT2D eigenvalue weighted by molar-refractivity contribution is 5.95. The van der Waals surface area contributed by atoms with Crippen LogP contribution >= 0.6 is 0 Å². The number of phenols is 1. The van der Waals surface area contributed by atoms with E-state index in [1.165, 1.54) is 91.9 Å². The fraction of sp³-hybridized carbons (Fsp3) is 0.405. The van der Waals surface area contributed by atoms with E-state index in [4.69, 9.17) is 9.47 Å². The van der Waals surface area contributed by atoms with Crippen LogP contribution in [-0.2, 0) is 37.4 Å². The van der Waals surface area contributed by atoms with Crippen LogP contribution < -0.4 is 5.01 Å². The molecule has 252 valence electrons. The van der Waals surface area contributed by atoms with Gasteiger partial charge in [0.25, 0.3) is 0 Å². The Labute approximate surface area is 278 Å². The van der Waals surface area contributed by atoms with Crippen LogP contribution in [0.3, 0.4) is 0 Å². The molecule has 3 heterocycles. The second kappa shape index (κ2) is 13.3. The molecule has 4 aliphatic rings. The van der Waals surface area contributed by atoms with E-state index >= 15 is 0 Å². The van der Waals surface area contributed by atoms with Gasteiger partial charge in [0.2, 0.25) is 12.2 Å². The number of nitrogens with zero attached hydrogens (tertiary/aromatic N) is 2. The molecule has 1 aliphatic carbocycles. The first-order valence-electron chi connectivity index (χ1n) is 16.5. The number of rotatable bonds is 9. The third kappa shape index (κ3) is 5.66. The Bertz CT molecular complexity index is 1660. The number of anilines is 1. The normalized spacial score (nSPS) is 22.4. The van der Waals surface area contributed by atoms with Gasteiger partial charge in [0.05, 0.1) is 16.8 Å². The number of hydrazine groups is 1. The van der Waals surface area contributed by atoms with Crippen molar-refractivity contribution in [3.05, 3.63) is 94.0 Å². The molecular weight excluding hydrogens is 616 g/mol. The smallest absolute Gasteiger partial charge is 0.349 e. The quantitative estimate of drug-likeness (QED) is 0.254. The van der Waals surface area contributed by atoms with E-state index in [1.807, 2.05) is 0 Å². The summed E-state index contributed by atoms with van der Waals surface area (Å²) < 4.78 is 9.52. The van der Waals surface area contributed by atoms with Crippen LogP contribution in [0.25, 0.3) is 0 Å². The third-order valence-electron chi connectivity index (χ3n) is 10.1. The van der Waals surface area contributed by atoms with Crippen molar-refractivity contribution in [3.8, 4) is 5.75 Å². The molecule has 3 aliphatic heterocycles. The Morgan fingerprint density at radius 3 is 1.96 bits per heavy atom. The Hall–Kier alpha value is -4.90. The molecule has 3 unspecified atom stereocenters. The summed E-state index contributed by atoms with van der Waals surface area (Å²) in [7, 11) is 0. The first kappa shape index (κ1) is 33.0. The lowest BCUT2D eigenvalue weighted by Crippen LogP contribution is -2.63. The summed E-state index contributed by atoms with van der Waals surface area (Å²) in [6, 6.07) is 15.5. The Balaban J connectivity index is 0.000000169. The van der Waals surface area contributed by atoms with Crippen LogP contribution in [0.15, 0.2) is 60.7 Å². The zero-order chi connectivity index (χ0) is 34.2. The van der Waals surface area contributed by atoms with Gasteiger partial charge in [-0.15, -0.1) is 0 Å². The largest absolute Gasteiger partial charge is 0.507 e. The lowest BCUT2D eigenvalue weighted by molar-refractivity contribution is -0.166. The van der Waals surface area contributed by atoms with Crippen molar-refractivity contribution in [2.24, 2.45) is 0 Å². The number of benzene rings is 3. The van der Waals surface area contributed by atoms with E-state index in [0.29, 0.717) is 17.2 Å². The number of hydrogen-bond donors (Lipinski definition) is 3. The second-order valence-corrected chi connectivity index (χ2v) is 12.9. The van der Waals surface area contributed by atoms with Crippen LogP contribution in [0.5, 0.6) is 5.75 Å². The summed E-state index contributed by atoms with van der Waals surface area (Å²) >= 11 is 0. The molecule has 0 spiro atoms. The predicted octanol–water partition coefficient (Wildman–Crippen LogP) is 5.39. The molecule has 0 amide bonds. The van der Waals surface area contributed by atoms with Gasteiger partial charge in [-0.2, -0.15) is 0 Å². The van der Waals surface area contributed by atoms with E-state index in [0.717, 1.165) is 31.5 Å². The van der Waals surface area contributed by atoms with E-state index in [2.05, 4.69) is 23.9 Å². The number of carbonyl (C=O) groups excluding carboxylic acids is 2. The predicted molar refractivity (Wildman–Crippen MR) is 175 cm³/mol. The summed E-state index contributed by atoms with van der Waals surface area (Å²) in [6.45, 7) is 6.60. The molecule has 2 fully saturated rings. The number of esters is 2. The number of carboxylic acid groups (broad SMARTS) is 2. The molecular formula is C37H40N2O9. The van der Waals surface area contributed by atoms with Crippen LogP contribution in [-0.4, -0.2) is 69.0 Å². The maximum atomic E-state index is 12.0. The molecule has 1 saturated heterocycles. The number of phenolic OH excluding ortho intramolecular Hbond substituents is 1. The topological polar surface area (TPSA) is 154 Å². The van der Waals surface area contributed by atoms with Crippen molar-refractivity contribution >= 4 is 29.6 Å². The van der Waals surface area contributed by atoms with Gasteiger partial charge in [-0.25, -0.2) is 24.2 Å². The molecule has 11 nitrogen and oxygen atoms in total. The van der Waals surface area contributed by atoms with Crippen molar-refractivity contribution in [1.82, 2.24) is 5.01 Å². The minimum atomic E-state index is -2.21. The number of hydrogen-bond acceptors (Lipinski definition) is 9. The lowest BCUT2D eigenvalue weighted by Gasteiger charge is -2.56. The van der Waals surface area contributed by atoms with Crippen LogP contribution in [0, 0.1) is 6.92 Å². The summed E-state index contributed by atoms with van der Waals surface area (Å²) in [4.78, 5) is 46.8. The minimum Gasteiger partial charge on any atom is -0.507 e. The molecule has 3 aromatic carbocycles. The van der Waals surface area contributed by atoms with E-state index in [9.17, 15) is 34.5 Å². The van der Waals surface area contributed by atoms with Gasteiger partial charge in [-0.1, -0.05) is 62.6 Å². The molecule has 48 heavy (non-hydrogen) atoms. The summed E-state index contributed by atoms with van der Waals surface area (Å²) in [6.07, 6.45) is 4.39. The number of aromatic hydroxyl groups is 1. The van der Waals surface area contributed by atoms with E-state index in [-0.39, 0.29) is 11.1 Å². The molecule has 0 aromatic heterocycles. The van der Waals surface area contributed by atoms with Crippen LogP contribution in [0.4, 0.5) is 5.69 Å². The van der Waals surface area contributed by atoms with Gasteiger partial charge in [-0.3, -0.25) is 0 Å². The minimum absolute atomic E-state index is 0.0253. The van der Waals surface area contributed by atoms with E-state index < -0.39 is 36.1 Å². The van der Waals surface area contributed by atoms with Gasteiger partial charge in [0.1, 0.15) is 5.75 Å². The molecule has 3 N–H and O–H groups in total. The van der Waals surface area contributed by atoms with Crippen molar-refractivity contribution < 1.29 is 44.0 Å². The first-order chi connectivity index (χ1) is 23.1. The Kier molecular flexibility index (Phi) is 9.15. The molecule has 11 heteroatoms. The molecule has 7 rings (SSSR count). The highest BCUT2D eigenvalue weighted by Crippen LogP contribution is 2.61. The number of aliphatic carboxylic acids is 2. The third-order valence-corrected chi connectivity index (χ3v) is 10.1. The molecule has 0 radical (unpaired) electrons. The monoisotopic (exact) mass is 656 g/mol. The summed E-state index contributed by atoms with van der Waals surface area (Å²) in [5.41, 5.74) is 7.33. The lowest BCUT2D eigenvalue weighted by atomic mass is 9.59. The van der Waals surface area contributed by atoms with Crippen molar-refractivity contribution in [2.45, 2.75) is 89.0 Å². The van der Waals surface area contributed by atoms with Gasteiger partial charge >= 0.3 is 23.9 Å². The average Bonchev–Trinajstić information content (AvgIpc) is 3.40. The van der Waals surface area contributed by atoms with Gasteiger partial charge in [0, 0.05) is 30.1 Å². The number of ether oxygens (including phenoxy) is 2. The molecule has 3 aromatic rings. The van der Waals surface area contributed by atoms with Gasteiger partial charge in [-0.05, 0) is 73.6 Å². The Morgan fingerprint density at radius 2 is 1.44 bits per heavy atom. The number of carbonyl (C=O) groups is 4. The molecule has 1 saturated carbocycles. The van der Waals surface area contributed by atoms with Gasteiger partial charge in [0.15, 0.2) is 0 Å². The van der Waals surface area contributed by atoms with Crippen molar-refractivity contribution in [1.29, 1.82) is 0 Å². The van der Waals surface area contributed by atoms with Crippen LogP contribution in [0.2, 0.25) is 0 Å². The summed E-state index contributed by atoms with van der Waals surface area (Å²) in [5.74, 6) is -5.03. The zero-order valence-corrected chi connectivity index (χ0v) is 27.1. The van der Waals surface area contributed by atoms with Crippen molar-refractivity contribution in [2.75, 3.05) is 11.6 Å². The van der Waals surface area contributed by atoms with Crippen molar-refractivity contribution in [3.63, 3.8) is 0 Å². The SMILES string of the molecule is CCCc1c(O)c(C)c2c3c1[C@@]14CCCC[C@H]1N(C3)N2CC4.O=C(OC(C(=O)O)C(OC(=O)c1ccccc1)C(=O)O)c1ccccc1. The Morgan fingerprint density at radius 1 is 0.875 bits per heavy atom. The highest BCUT2D eigenvalue weighted by Gasteiger charge is 2.58. The standard InChI is InChI=1S/C19H26N2O.C18H14O8/c1-3-6-13-16-14-11-21-15-7-4-5-8-19(15,16)9-10-20(21)17(14)12(2)18(13)22;19-15(20)13(25-17(23)11-7-3-1-4-8-11)14(16(21)22)26-18(24)12-9-5-2-6-10-12/h15,22H,3-11H2,1-2H3;1-10,13-14H,(H,19,20)(H,21,22)/t15-,19-;/m1./s1. The number of carboxylic acids is 2. The first-order valence-corrected chi connectivity index (χ1v) is 16.5.